The van der Waals surface area contributed by atoms with E-state index in [4.69, 9.17) is 10.1 Å². The van der Waals surface area contributed by atoms with Gasteiger partial charge in [-0.1, -0.05) is 26.0 Å². The van der Waals surface area contributed by atoms with Gasteiger partial charge in [-0.05, 0) is 73.4 Å². The summed E-state index contributed by atoms with van der Waals surface area (Å²) >= 11 is 1.17. The van der Waals surface area contributed by atoms with Gasteiger partial charge in [0.2, 0.25) is 11.1 Å². The van der Waals surface area contributed by atoms with Crippen molar-refractivity contribution in [2.24, 2.45) is 10.1 Å². The predicted octanol–water partition coefficient (Wildman–Crippen LogP) is 4.48. The van der Waals surface area contributed by atoms with Crippen LogP contribution in [0, 0.1) is 19.3 Å². The maximum Gasteiger partial charge on any atom is 0.283 e. The van der Waals surface area contributed by atoms with E-state index < -0.39 is 5.91 Å². The second-order valence-corrected chi connectivity index (χ2v) is 10.8. The van der Waals surface area contributed by atoms with Crippen molar-refractivity contribution in [3.63, 3.8) is 0 Å². The number of carbonyl (C=O) groups is 2. The number of hydrogen-bond donors (Lipinski definition) is 1. The number of amidine groups is 2. The van der Waals surface area contributed by atoms with Crippen molar-refractivity contribution in [2.45, 2.75) is 46.5 Å². The molecule has 1 fully saturated rings. The second kappa shape index (κ2) is 10.7. The van der Waals surface area contributed by atoms with Crippen LogP contribution in [0.25, 0.3) is 11.8 Å². The molecule has 1 N–H and O–H groups in total. The van der Waals surface area contributed by atoms with Crippen LogP contribution in [0.4, 0.5) is 0 Å². The molecule has 1 saturated heterocycles. The van der Waals surface area contributed by atoms with Crippen molar-refractivity contribution in [1.82, 2.24) is 14.5 Å². The van der Waals surface area contributed by atoms with Crippen LogP contribution in [0.1, 0.15) is 55.1 Å². The molecule has 2 aromatic rings. The van der Waals surface area contributed by atoms with Gasteiger partial charge in [0.15, 0.2) is 5.84 Å². The van der Waals surface area contributed by atoms with Gasteiger partial charge in [0.1, 0.15) is 5.04 Å². The zero-order chi connectivity index (χ0) is 27.0. The monoisotopic (exact) mass is 532 g/mol. The zero-order valence-electron chi connectivity index (χ0n) is 22.2. The molecule has 1 aromatic carbocycles. The van der Waals surface area contributed by atoms with Crippen LogP contribution in [0.5, 0.6) is 0 Å². The quantitative estimate of drug-likeness (QED) is 0.553. The lowest BCUT2D eigenvalue weighted by Gasteiger charge is -2.26. The van der Waals surface area contributed by atoms with Crippen molar-refractivity contribution < 1.29 is 14.3 Å². The Labute approximate surface area is 226 Å². The van der Waals surface area contributed by atoms with Gasteiger partial charge in [-0.3, -0.25) is 15.0 Å². The average molecular weight is 533 g/mol. The molecular weight excluding hydrogens is 500 g/mol. The third-order valence-corrected chi connectivity index (χ3v) is 8.17. The molecule has 0 bridgehead atoms. The first-order valence-electron chi connectivity index (χ1n) is 12.9. The summed E-state index contributed by atoms with van der Waals surface area (Å²) in [4.78, 5) is 31.5. The molecule has 4 heterocycles. The van der Waals surface area contributed by atoms with E-state index in [1.54, 1.807) is 11.0 Å². The fourth-order valence-corrected chi connectivity index (χ4v) is 5.71. The normalized spacial score (nSPS) is 19.5. The van der Waals surface area contributed by atoms with E-state index in [0.29, 0.717) is 42.4 Å². The van der Waals surface area contributed by atoms with Crippen LogP contribution < -0.4 is 0 Å². The number of hydrazone groups is 1. The van der Waals surface area contributed by atoms with E-state index in [0.717, 1.165) is 29.1 Å². The topological polar surface area (TPSA) is 103 Å². The fourth-order valence-electron chi connectivity index (χ4n) is 4.83. The average Bonchev–Trinajstić information content (AvgIpc) is 3.45. The minimum Gasteiger partial charge on any atom is -0.378 e. The number of fused-ring (bicyclic) bond motifs is 1. The molecule has 38 heavy (non-hydrogen) atoms. The Bertz CT molecular complexity index is 1380. The number of benzene rings is 1. The van der Waals surface area contributed by atoms with E-state index in [1.807, 2.05) is 19.9 Å². The highest BCUT2D eigenvalue weighted by molar-refractivity contribution is 8.27. The lowest BCUT2D eigenvalue weighted by Crippen LogP contribution is -2.41. The summed E-state index contributed by atoms with van der Waals surface area (Å²) < 4.78 is 7.46. The molecule has 0 spiro atoms. The SMILES string of the molecule is CCC(C)c1ccc(-n2c(C)cc(/C=C3/C(=N)N4N=C(CC(=O)N5CCOCC5)SC4=NC3=O)c2C)cc1. The van der Waals surface area contributed by atoms with Gasteiger partial charge in [0.05, 0.1) is 25.2 Å². The van der Waals surface area contributed by atoms with E-state index in [-0.39, 0.29) is 23.7 Å². The first-order valence-corrected chi connectivity index (χ1v) is 13.7. The molecule has 2 amide bonds. The van der Waals surface area contributed by atoms with Crippen molar-refractivity contribution in [1.29, 1.82) is 5.41 Å². The predicted molar refractivity (Wildman–Crippen MR) is 151 cm³/mol. The van der Waals surface area contributed by atoms with Gasteiger partial charge in [-0.15, -0.1) is 0 Å². The van der Waals surface area contributed by atoms with E-state index in [1.165, 1.54) is 22.3 Å². The Kier molecular flexibility index (Phi) is 7.36. The van der Waals surface area contributed by atoms with Crippen molar-refractivity contribution >= 4 is 45.7 Å². The molecule has 10 heteroatoms. The molecule has 9 nitrogen and oxygen atoms in total. The number of amides is 2. The number of ether oxygens (including phenoxy) is 1. The molecule has 5 rings (SSSR count). The van der Waals surface area contributed by atoms with Gasteiger partial charge >= 0.3 is 0 Å². The number of nitrogens with one attached hydrogen (secondary N) is 1. The number of aliphatic imine (C=N–C) groups is 1. The molecular formula is C28H32N6O3S. The van der Waals surface area contributed by atoms with Gasteiger partial charge in [-0.2, -0.15) is 15.1 Å². The Morgan fingerprint density at radius 3 is 2.61 bits per heavy atom. The fraction of sp³-hybridized carbons (Fsp3) is 0.393. The third kappa shape index (κ3) is 4.98. The van der Waals surface area contributed by atoms with Crippen LogP contribution >= 0.6 is 11.8 Å². The van der Waals surface area contributed by atoms with E-state index >= 15 is 0 Å². The van der Waals surface area contributed by atoms with Crippen LogP contribution in [0.2, 0.25) is 0 Å². The largest absolute Gasteiger partial charge is 0.378 e. The molecule has 0 aliphatic carbocycles. The van der Waals surface area contributed by atoms with Crippen LogP contribution in [-0.2, 0) is 14.3 Å². The molecule has 3 aliphatic rings. The summed E-state index contributed by atoms with van der Waals surface area (Å²) in [5, 5.41) is 15.4. The molecule has 0 saturated carbocycles. The van der Waals surface area contributed by atoms with Gasteiger partial charge in [-0.25, -0.2) is 0 Å². The van der Waals surface area contributed by atoms with Crippen LogP contribution in [0.15, 0.2) is 46.0 Å². The second-order valence-electron chi connectivity index (χ2n) is 9.75. The van der Waals surface area contributed by atoms with Gasteiger partial charge < -0.3 is 14.2 Å². The Morgan fingerprint density at radius 2 is 1.92 bits per heavy atom. The highest BCUT2D eigenvalue weighted by Gasteiger charge is 2.36. The van der Waals surface area contributed by atoms with Crippen LogP contribution in [-0.4, -0.2) is 68.6 Å². The number of thioether (sulfide) groups is 1. The molecule has 0 radical (unpaired) electrons. The number of nitrogens with zero attached hydrogens (tertiary/aromatic N) is 5. The Balaban J connectivity index is 1.37. The zero-order valence-corrected chi connectivity index (χ0v) is 23.0. The number of rotatable bonds is 6. The first-order chi connectivity index (χ1) is 18.3. The molecule has 3 aliphatic heterocycles. The van der Waals surface area contributed by atoms with E-state index in [2.05, 4.69) is 52.8 Å². The summed E-state index contributed by atoms with van der Waals surface area (Å²) in [7, 11) is 0. The number of aryl methyl sites for hydroxylation is 1. The summed E-state index contributed by atoms with van der Waals surface area (Å²) in [6, 6.07) is 10.6. The number of carbonyl (C=O) groups excluding carboxylic acids is 2. The van der Waals surface area contributed by atoms with Crippen molar-refractivity contribution in [2.75, 3.05) is 26.3 Å². The Hall–Kier alpha value is -3.50. The van der Waals surface area contributed by atoms with E-state index in [9.17, 15) is 9.59 Å². The van der Waals surface area contributed by atoms with Crippen molar-refractivity contribution in [3.05, 3.63) is 58.4 Å². The maximum absolute atomic E-state index is 12.9. The lowest BCUT2D eigenvalue weighted by molar-refractivity contribution is -0.133. The molecule has 198 valence electrons. The highest BCUT2D eigenvalue weighted by Crippen LogP contribution is 2.31. The lowest BCUT2D eigenvalue weighted by atomic mass is 9.98. The minimum atomic E-state index is -0.479. The summed E-state index contributed by atoms with van der Waals surface area (Å²) in [5.41, 5.74) is 5.38. The smallest absolute Gasteiger partial charge is 0.283 e. The van der Waals surface area contributed by atoms with Crippen LogP contribution in [0.3, 0.4) is 0 Å². The van der Waals surface area contributed by atoms with Gasteiger partial charge in [0.25, 0.3) is 5.91 Å². The summed E-state index contributed by atoms with van der Waals surface area (Å²) in [6.07, 6.45) is 2.92. The molecule has 1 unspecified atom stereocenters. The number of morpholine rings is 1. The van der Waals surface area contributed by atoms with Crippen molar-refractivity contribution in [3.8, 4) is 5.69 Å². The Morgan fingerprint density at radius 1 is 1.21 bits per heavy atom. The highest BCUT2D eigenvalue weighted by atomic mass is 32.2. The number of hydrogen-bond acceptors (Lipinski definition) is 6. The first kappa shape index (κ1) is 26.1. The third-order valence-electron chi connectivity index (χ3n) is 7.27. The minimum absolute atomic E-state index is 0.0379. The summed E-state index contributed by atoms with van der Waals surface area (Å²) in [6.45, 7) is 10.6. The standard InChI is InChI=1S/C28H32N6O3S/c1-5-17(2)20-6-8-22(9-7-20)33-18(3)14-21(19(33)4)15-23-26(29)34-28(30-27(23)36)38-24(31-34)16-25(35)32-10-12-37-13-11-32/h6-9,14-15,17,29H,5,10-13,16H2,1-4H3/b23-15-,29-26?. The number of aromatic nitrogens is 1. The summed E-state index contributed by atoms with van der Waals surface area (Å²) in [5.74, 6) is -0.0518. The van der Waals surface area contributed by atoms with Gasteiger partial charge in [0, 0.05) is 30.2 Å². The molecule has 1 atom stereocenters. The maximum atomic E-state index is 12.9. The molecule has 1 aromatic heterocycles.